The van der Waals surface area contributed by atoms with Gasteiger partial charge in [0.1, 0.15) is 0 Å². The fourth-order valence-corrected chi connectivity index (χ4v) is 3.53. The Balaban J connectivity index is 2.05. The number of hydrogen-bond acceptors (Lipinski definition) is 4. The van der Waals surface area contributed by atoms with Gasteiger partial charge in [0.05, 0.1) is 17.9 Å². The molecule has 2 rings (SSSR count). The Bertz CT molecular complexity index is 746. The highest BCUT2D eigenvalue weighted by atomic mass is 32.2. The van der Waals surface area contributed by atoms with Crippen molar-refractivity contribution in [2.45, 2.75) is 31.1 Å². The summed E-state index contributed by atoms with van der Waals surface area (Å²) in [5, 5.41) is 0. The number of rotatable bonds is 7. The van der Waals surface area contributed by atoms with Crippen LogP contribution in [-0.4, -0.2) is 52.3 Å². The van der Waals surface area contributed by atoms with E-state index in [9.17, 15) is 18.0 Å². The number of hydrogen-bond donors (Lipinski definition) is 1. The zero-order valence-corrected chi connectivity index (χ0v) is 15.0. The van der Waals surface area contributed by atoms with Crippen LogP contribution in [0.5, 0.6) is 0 Å². The molecule has 1 N–H and O–H groups in total. The van der Waals surface area contributed by atoms with E-state index in [1.807, 2.05) is 6.92 Å². The van der Waals surface area contributed by atoms with Gasteiger partial charge in [0.25, 0.3) is 0 Å². The average molecular weight is 353 g/mol. The highest BCUT2D eigenvalue weighted by molar-refractivity contribution is 7.89. The van der Waals surface area contributed by atoms with Gasteiger partial charge in [-0.2, -0.15) is 0 Å². The highest BCUT2D eigenvalue weighted by Gasteiger charge is 2.26. The minimum absolute atomic E-state index is 0.0633. The number of likely N-dealkylation sites (N-methyl/N-ethyl adjacent to an activating group) is 2. The van der Waals surface area contributed by atoms with Crippen molar-refractivity contribution < 1.29 is 18.0 Å². The summed E-state index contributed by atoms with van der Waals surface area (Å²) in [6.07, 6.45) is 2.03. The van der Waals surface area contributed by atoms with Crippen LogP contribution in [0.25, 0.3) is 0 Å². The largest absolute Gasteiger partial charge is 0.345 e. The van der Waals surface area contributed by atoms with Crippen molar-refractivity contribution in [1.29, 1.82) is 0 Å². The average Bonchev–Trinajstić information content (AvgIpc) is 2.84. The topological polar surface area (TPSA) is 86.8 Å². The molecular weight excluding hydrogens is 330 g/mol. The summed E-state index contributed by atoms with van der Waals surface area (Å²) in [7, 11) is -0.479. The molecule has 0 fully saturated rings. The number of amides is 2. The second-order valence-corrected chi connectivity index (χ2v) is 7.68. The molecule has 1 aliphatic rings. The van der Waals surface area contributed by atoms with Crippen LogP contribution in [0.3, 0.4) is 0 Å². The van der Waals surface area contributed by atoms with Crippen molar-refractivity contribution in [2.75, 3.05) is 32.1 Å². The molecule has 1 aliphatic heterocycles. The second-order valence-electron chi connectivity index (χ2n) is 5.91. The molecule has 0 aromatic heterocycles. The first-order valence-corrected chi connectivity index (χ1v) is 9.37. The van der Waals surface area contributed by atoms with Gasteiger partial charge < -0.3 is 9.80 Å². The predicted molar refractivity (Wildman–Crippen MR) is 91.3 cm³/mol. The quantitative estimate of drug-likeness (QED) is 0.783. The van der Waals surface area contributed by atoms with Crippen LogP contribution in [0.1, 0.15) is 25.3 Å². The SMILES string of the molecule is CCCCN(C)C(=O)CNS(=O)(=O)c1ccc2c(c1)CC(=O)N2C. The first-order chi connectivity index (χ1) is 11.3. The maximum Gasteiger partial charge on any atom is 0.241 e. The Morgan fingerprint density at radius 1 is 1.38 bits per heavy atom. The maximum atomic E-state index is 12.4. The third-order valence-electron chi connectivity index (χ3n) is 4.12. The molecule has 0 atom stereocenters. The minimum atomic E-state index is -3.79. The summed E-state index contributed by atoms with van der Waals surface area (Å²) < 4.78 is 27.0. The summed E-state index contributed by atoms with van der Waals surface area (Å²) in [5.41, 5.74) is 1.39. The van der Waals surface area contributed by atoms with Crippen LogP contribution in [0, 0.1) is 0 Å². The molecule has 0 saturated carbocycles. The number of anilines is 1. The van der Waals surface area contributed by atoms with Gasteiger partial charge in [0, 0.05) is 26.3 Å². The minimum Gasteiger partial charge on any atom is -0.345 e. The highest BCUT2D eigenvalue weighted by Crippen LogP contribution is 2.29. The van der Waals surface area contributed by atoms with E-state index in [4.69, 9.17) is 0 Å². The van der Waals surface area contributed by atoms with E-state index in [0.29, 0.717) is 17.8 Å². The number of sulfonamides is 1. The van der Waals surface area contributed by atoms with Crippen LogP contribution >= 0.6 is 0 Å². The predicted octanol–water partition coefficient (Wildman–Crippen LogP) is 0.742. The van der Waals surface area contributed by atoms with Crippen molar-refractivity contribution in [3.05, 3.63) is 23.8 Å². The van der Waals surface area contributed by atoms with Gasteiger partial charge in [-0.1, -0.05) is 13.3 Å². The van der Waals surface area contributed by atoms with E-state index in [1.165, 1.54) is 21.9 Å². The van der Waals surface area contributed by atoms with E-state index in [0.717, 1.165) is 12.8 Å². The number of nitrogens with one attached hydrogen (secondary N) is 1. The number of carbonyl (C=O) groups is 2. The van der Waals surface area contributed by atoms with Gasteiger partial charge in [0.2, 0.25) is 21.8 Å². The molecule has 24 heavy (non-hydrogen) atoms. The van der Waals surface area contributed by atoms with E-state index in [-0.39, 0.29) is 29.7 Å². The lowest BCUT2D eigenvalue weighted by Crippen LogP contribution is -2.38. The Kier molecular flexibility index (Phi) is 5.61. The lowest BCUT2D eigenvalue weighted by molar-refractivity contribution is -0.128. The summed E-state index contributed by atoms with van der Waals surface area (Å²) in [6.45, 7) is 2.35. The van der Waals surface area contributed by atoms with E-state index in [2.05, 4.69) is 4.72 Å². The summed E-state index contributed by atoms with van der Waals surface area (Å²) in [5.74, 6) is -0.344. The molecule has 8 heteroatoms. The Labute approximate surface area is 142 Å². The van der Waals surface area contributed by atoms with E-state index >= 15 is 0 Å². The van der Waals surface area contributed by atoms with Gasteiger partial charge in [-0.05, 0) is 30.2 Å². The number of nitrogens with zero attached hydrogens (tertiary/aromatic N) is 2. The summed E-state index contributed by atoms with van der Waals surface area (Å²) >= 11 is 0. The van der Waals surface area contributed by atoms with Crippen molar-refractivity contribution in [3.63, 3.8) is 0 Å². The van der Waals surface area contributed by atoms with Gasteiger partial charge in [-0.25, -0.2) is 13.1 Å². The monoisotopic (exact) mass is 353 g/mol. The number of carbonyl (C=O) groups excluding carboxylic acids is 2. The molecule has 1 heterocycles. The van der Waals surface area contributed by atoms with Crippen LogP contribution in [-0.2, 0) is 26.0 Å². The van der Waals surface area contributed by atoms with Crippen LogP contribution in [0.2, 0.25) is 0 Å². The molecule has 0 spiro atoms. The molecule has 0 radical (unpaired) electrons. The number of fused-ring (bicyclic) bond motifs is 1. The standard InChI is InChI=1S/C16H23N3O4S/c1-4-5-8-18(2)16(21)11-17-24(22,23)13-6-7-14-12(9-13)10-15(20)19(14)3/h6-7,9,17H,4-5,8,10-11H2,1-3H3. The Morgan fingerprint density at radius 2 is 2.08 bits per heavy atom. The molecule has 2 amide bonds. The van der Waals surface area contributed by atoms with Crippen molar-refractivity contribution >= 4 is 27.5 Å². The fourth-order valence-electron chi connectivity index (χ4n) is 2.51. The summed E-state index contributed by atoms with van der Waals surface area (Å²) in [6, 6.07) is 4.55. The van der Waals surface area contributed by atoms with Crippen LogP contribution < -0.4 is 9.62 Å². The molecule has 0 aliphatic carbocycles. The van der Waals surface area contributed by atoms with Crippen molar-refractivity contribution in [2.24, 2.45) is 0 Å². The van der Waals surface area contributed by atoms with Gasteiger partial charge in [-0.3, -0.25) is 9.59 Å². The maximum absolute atomic E-state index is 12.4. The first kappa shape index (κ1) is 18.4. The summed E-state index contributed by atoms with van der Waals surface area (Å²) in [4.78, 5) is 26.7. The van der Waals surface area contributed by atoms with Gasteiger partial charge in [0.15, 0.2) is 0 Å². The lowest BCUT2D eigenvalue weighted by Gasteiger charge is -2.17. The fraction of sp³-hybridized carbons (Fsp3) is 0.500. The molecule has 0 saturated heterocycles. The Morgan fingerprint density at radius 3 is 2.75 bits per heavy atom. The third kappa shape index (κ3) is 3.93. The Hall–Kier alpha value is -1.93. The molecule has 0 unspecified atom stereocenters. The molecule has 1 aromatic rings. The lowest BCUT2D eigenvalue weighted by atomic mass is 10.2. The van der Waals surface area contributed by atoms with Crippen molar-refractivity contribution in [1.82, 2.24) is 9.62 Å². The molecule has 7 nitrogen and oxygen atoms in total. The smallest absolute Gasteiger partial charge is 0.241 e. The normalized spacial score (nSPS) is 14.0. The zero-order valence-electron chi connectivity index (χ0n) is 14.2. The molecular formula is C16H23N3O4S. The molecule has 1 aromatic carbocycles. The van der Waals surface area contributed by atoms with Crippen molar-refractivity contribution in [3.8, 4) is 0 Å². The molecule has 0 bridgehead atoms. The van der Waals surface area contributed by atoms with Gasteiger partial charge >= 0.3 is 0 Å². The molecule has 132 valence electrons. The number of unbranched alkanes of at least 4 members (excludes halogenated alkanes) is 1. The van der Waals surface area contributed by atoms with E-state index < -0.39 is 10.0 Å². The second kappa shape index (κ2) is 7.31. The number of benzene rings is 1. The van der Waals surface area contributed by atoms with Crippen LogP contribution in [0.4, 0.5) is 5.69 Å². The first-order valence-electron chi connectivity index (χ1n) is 7.89. The van der Waals surface area contributed by atoms with Gasteiger partial charge in [-0.15, -0.1) is 0 Å². The van der Waals surface area contributed by atoms with E-state index in [1.54, 1.807) is 20.2 Å². The third-order valence-corrected chi connectivity index (χ3v) is 5.52. The zero-order chi connectivity index (χ0) is 17.9. The van der Waals surface area contributed by atoms with Crippen LogP contribution in [0.15, 0.2) is 23.1 Å².